The molecule has 4 rings (SSSR count). The number of piperidine rings is 1. The SMILES string of the molecule is COc1ccc(C2(CNC(=O)[C@H]3CCCN(c4nc(C)cc(C)n4)C3)CCOCC2)cc1. The fourth-order valence-electron chi connectivity index (χ4n) is 4.90. The van der Waals surface area contributed by atoms with Crippen LogP contribution in [0.1, 0.15) is 42.6 Å². The third-order valence-electron chi connectivity index (χ3n) is 6.80. The van der Waals surface area contributed by atoms with Gasteiger partial charge in [0.2, 0.25) is 11.9 Å². The molecule has 172 valence electrons. The summed E-state index contributed by atoms with van der Waals surface area (Å²) in [5, 5.41) is 3.29. The van der Waals surface area contributed by atoms with Gasteiger partial charge in [0.1, 0.15) is 5.75 Å². The van der Waals surface area contributed by atoms with Gasteiger partial charge in [-0.25, -0.2) is 9.97 Å². The maximum Gasteiger partial charge on any atom is 0.225 e. The van der Waals surface area contributed by atoms with Crippen molar-refractivity contribution in [1.82, 2.24) is 15.3 Å². The topological polar surface area (TPSA) is 76.6 Å². The number of hydrogen-bond donors (Lipinski definition) is 1. The van der Waals surface area contributed by atoms with E-state index in [4.69, 9.17) is 9.47 Å². The highest BCUT2D eigenvalue weighted by Gasteiger charge is 2.36. The number of amides is 1. The van der Waals surface area contributed by atoms with E-state index < -0.39 is 0 Å². The molecule has 1 atom stereocenters. The maximum atomic E-state index is 13.2. The van der Waals surface area contributed by atoms with Crippen LogP contribution >= 0.6 is 0 Å². The molecule has 1 aromatic carbocycles. The minimum atomic E-state index is -0.106. The largest absolute Gasteiger partial charge is 0.497 e. The summed E-state index contributed by atoms with van der Waals surface area (Å²) in [6.45, 7) is 7.56. The number of rotatable bonds is 6. The van der Waals surface area contributed by atoms with Gasteiger partial charge < -0.3 is 19.7 Å². The number of carbonyl (C=O) groups is 1. The summed E-state index contributed by atoms with van der Waals surface area (Å²) < 4.78 is 11.0. The van der Waals surface area contributed by atoms with Crippen molar-refractivity contribution in [2.24, 2.45) is 5.92 Å². The lowest BCUT2D eigenvalue weighted by molar-refractivity contribution is -0.125. The summed E-state index contributed by atoms with van der Waals surface area (Å²) in [4.78, 5) is 24.5. The smallest absolute Gasteiger partial charge is 0.225 e. The average Bonchev–Trinajstić information content (AvgIpc) is 2.82. The molecule has 32 heavy (non-hydrogen) atoms. The van der Waals surface area contributed by atoms with E-state index in [-0.39, 0.29) is 17.2 Å². The first kappa shape index (κ1) is 22.5. The van der Waals surface area contributed by atoms with E-state index in [2.05, 4.69) is 32.3 Å². The second-order valence-electron chi connectivity index (χ2n) is 9.07. The van der Waals surface area contributed by atoms with Crippen molar-refractivity contribution >= 4 is 11.9 Å². The maximum absolute atomic E-state index is 13.2. The molecule has 7 nitrogen and oxygen atoms in total. The van der Waals surface area contributed by atoms with Crippen LogP contribution in [0.2, 0.25) is 0 Å². The molecule has 0 aliphatic carbocycles. The molecule has 0 saturated carbocycles. The molecule has 2 aliphatic rings. The van der Waals surface area contributed by atoms with Crippen LogP contribution < -0.4 is 15.0 Å². The molecule has 2 aromatic rings. The molecule has 3 heterocycles. The van der Waals surface area contributed by atoms with Gasteiger partial charge in [0.15, 0.2) is 0 Å². The van der Waals surface area contributed by atoms with Crippen molar-refractivity contribution < 1.29 is 14.3 Å². The zero-order valence-electron chi connectivity index (χ0n) is 19.4. The lowest BCUT2D eigenvalue weighted by Crippen LogP contribution is -2.49. The molecule has 0 spiro atoms. The number of hydrogen-bond acceptors (Lipinski definition) is 6. The highest BCUT2D eigenvalue weighted by molar-refractivity contribution is 5.79. The fraction of sp³-hybridized carbons (Fsp3) is 0.560. The molecule has 2 saturated heterocycles. The Labute approximate surface area is 190 Å². The number of methoxy groups -OCH3 is 1. The fourth-order valence-corrected chi connectivity index (χ4v) is 4.90. The van der Waals surface area contributed by atoms with Crippen molar-refractivity contribution in [3.05, 3.63) is 47.3 Å². The van der Waals surface area contributed by atoms with Gasteiger partial charge >= 0.3 is 0 Å². The van der Waals surface area contributed by atoms with Crippen LogP contribution in [-0.4, -0.2) is 55.8 Å². The second-order valence-corrected chi connectivity index (χ2v) is 9.07. The molecule has 1 amide bonds. The molecule has 1 N–H and O–H groups in total. The van der Waals surface area contributed by atoms with Gasteiger partial charge in [-0.1, -0.05) is 12.1 Å². The predicted octanol–water partition coefficient (Wildman–Crippen LogP) is 3.18. The highest BCUT2D eigenvalue weighted by Crippen LogP contribution is 2.35. The zero-order valence-corrected chi connectivity index (χ0v) is 19.4. The Bertz CT molecular complexity index is 905. The van der Waals surface area contributed by atoms with Gasteiger partial charge in [-0.3, -0.25) is 4.79 Å². The second kappa shape index (κ2) is 9.86. The third-order valence-corrected chi connectivity index (χ3v) is 6.80. The molecule has 1 aromatic heterocycles. The van der Waals surface area contributed by atoms with Gasteiger partial charge in [-0.05, 0) is 63.3 Å². The lowest BCUT2D eigenvalue weighted by atomic mass is 9.74. The van der Waals surface area contributed by atoms with Crippen LogP contribution in [-0.2, 0) is 14.9 Å². The summed E-state index contributed by atoms with van der Waals surface area (Å²) in [5.41, 5.74) is 3.04. The normalized spacial score (nSPS) is 20.6. The highest BCUT2D eigenvalue weighted by atomic mass is 16.5. The zero-order chi connectivity index (χ0) is 22.6. The Balaban J connectivity index is 1.43. The van der Waals surface area contributed by atoms with Gasteiger partial charge in [0.25, 0.3) is 0 Å². The van der Waals surface area contributed by atoms with Crippen molar-refractivity contribution in [3.8, 4) is 5.75 Å². The van der Waals surface area contributed by atoms with E-state index in [1.165, 1.54) is 5.56 Å². The standard InChI is InChI=1S/C25H34N4O3/c1-18-15-19(2)28-24(27-18)29-12-4-5-20(16-29)23(30)26-17-25(10-13-32-14-11-25)21-6-8-22(31-3)9-7-21/h6-9,15,20H,4-5,10-14,16-17H2,1-3H3,(H,26,30)/t20-/m0/s1. The number of anilines is 1. The summed E-state index contributed by atoms with van der Waals surface area (Å²) in [7, 11) is 1.68. The monoisotopic (exact) mass is 438 g/mol. The van der Waals surface area contributed by atoms with Crippen molar-refractivity contribution in [2.75, 3.05) is 44.9 Å². The molecular weight excluding hydrogens is 404 g/mol. The first-order valence-electron chi connectivity index (χ1n) is 11.6. The first-order valence-corrected chi connectivity index (χ1v) is 11.6. The van der Waals surface area contributed by atoms with E-state index in [9.17, 15) is 4.79 Å². The molecule has 0 radical (unpaired) electrons. The molecule has 7 heteroatoms. The van der Waals surface area contributed by atoms with E-state index in [1.54, 1.807) is 7.11 Å². The Hall–Kier alpha value is -2.67. The number of aromatic nitrogens is 2. The number of nitrogens with one attached hydrogen (secondary N) is 1. The number of benzene rings is 1. The van der Waals surface area contributed by atoms with E-state index in [0.29, 0.717) is 26.3 Å². The number of nitrogens with zero attached hydrogens (tertiary/aromatic N) is 3. The first-order chi connectivity index (χ1) is 15.5. The van der Waals surface area contributed by atoms with Crippen molar-refractivity contribution in [3.63, 3.8) is 0 Å². The molecule has 0 unspecified atom stereocenters. The lowest BCUT2D eigenvalue weighted by Gasteiger charge is -2.39. The Morgan fingerprint density at radius 2 is 1.88 bits per heavy atom. The van der Waals surface area contributed by atoms with E-state index in [0.717, 1.165) is 55.3 Å². The van der Waals surface area contributed by atoms with Gasteiger partial charge in [-0.2, -0.15) is 0 Å². The van der Waals surface area contributed by atoms with Gasteiger partial charge in [-0.15, -0.1) is 0 Å². The van der Waals surface area contributed by atoms with Crippen LogP contribution in [0.3, 0.4) is 0 Å². The Morgan fingerprint density at radius 3 is 2.53 bits per heavy atom. The van der Waals surface area contributed by atoms with Crippen LogP contribution in [0, 0.1) is 19.8 Å². The minimum Gasteiger partial charge on any atom is -0.497 e. The van der Waals surface area contributed by atoms with Gasteiger partial charge in [0.05, 0.1) is 13.0 Å². The average molecular weight is 439 g/mol. The van der Waals surface area contributed by atoms with E-state index >= 15 is 0 Å². The summed E-state index contributed by atoms with van der Waals surface area (Å²) in [6.07, 6.45) is 3.65. The third kappa shape index (κ3) is 5.04. The summed E-state index contributed by atoms with van der Waals surface area (Å²) in [5.74, 6) is 1.65. The minimum absolute atomic E-state index is 0.0547. The predicted molar refractivity (Wildman–Crippen MR) is 124 cm³/mol. The van der Waals surface area contributed by atoms with Crippen LogP contribution in [0.4, 0.5) is 5.95 Å². The molecular formula is C25H34N4O3. The van der Waals surface area contributed by atoms with Gasteiger partial charge in [0, 0.05) is 49.7 Å². The number of aryl methyl sites for hydroxylation is 2. The Kier molecular flexibility index (Phi) is 6.94. The molecule has 2 fully saturated rings. The van der Waals surface area contributed by atoms with Crippen LogP contribution in [0.5, 0.6) is 5.75 Å². The van der Waals surface area contributed by atoms with Crippen molar-refractivity contribution in [1.29, 1.82) is 0 Å². The quantitative estimate of drug-likeness (QED) is 0.747. The van der Waals surface area contributed by atoms with Crippen LogP contribution in [0.25, 0.3) is 0 Å². The summed E-state index contributed by atoms with van der Waals surface area (Å²) >= 11 is 0. The number of ether oxygens (including phenoxy) is 2. The van der Waals surface area contributed by atoms with Crippen LogP contribution in [0.15, 0.2) is 30.3 Å². The molecule has 2 aliphatic heterocycles. The van der Waals surface area contributed by atoms with Crippen molar-refractivity contribution in [2.45, 2.75) is 44.9 Å². The summed E-state index contributed by atoms with van der Waals surface area (Å²) in [6, 6.07) is 10.2. The number of carbonyl (C=O) groups excluding carboxylic acids is 1. The van der Waals surface area contributed by atoms with E-state index in [1.807, 2.05) is 32.0 Å². The molecule has 0 bridgehead atoms. The Morgan fingerprint density at radius 1 is 1.19 bits per heavy atom.